The molecule has 1 aromatic rings. The Bertz CT molecular complexity index is 459. The molecule has 0 aliphatic carbocycles. The molecule has 4 heteroatoms. The van der Waals surface area contributed by atoms with Gasteiger partial charge in [0.2, 0.25) is 11.8 Å². The molecule has 0 aromatic heterocycles. The first kappa shape index (κ1) is 10.5. The van der Waals surface area contributed by atoms with Gasteiger partial charge in [0.25, 0.3) is 0 Å². The van der Waals surface area contributed by atoms with Crippen molar-refractivity contribution >= 4 is 11.8 Å². The van der Waals surface area contributed by atoms with Gasteiger partial charge in [0.1, 0.15) is 0 Å². The van der Waals surface area contributed by atoms with Crippen molar-refractivity contribution in [2.45, 2.75) is 32.0 Å². The second kappa shape index (κ2) is 3.96. The molecule has 1 aromatic carbocycles. The van der Waals surface area contributed by atoms with Gasteiger partial charge in [-0.3, -0.25) is 19.8 Å². The molecule has 1 N–H and O–H groups in total. The number of benzene rings is 1. The van der Waals surface area contributed by atoms with E-state index >= 15 is 0 Å². The maximum atomic E-state index is 11.8. The van der Waals surface area contributed by atoms with Crippen LogP contribution in [0.2, 0.25) is 0 Å². The van der Waals surface area contributed by atoms with Crippen molar-refractivity contribution in [3.63, 3.8) is 0 Å². The molecule has 17 heavy (non-hydrogen) atoms. The van der Waals surface area contributed by atoms with Crippen LogP contribution in [0.25, 0.3) is 0 Å². The lowest BCUT2D eigenvalue weighted by molar-refractivity contribution is -0.137. The molecule has 2 heterocycles. The van der Waals surface area contributed by atoms with Gasteiger partial charge in [-0.2, -0.15) is 0 Å². The number of fused-ring (bicyclic) bond motifs is 1. The number of amides is 2. The lowest BCUT2D eigenvalue weighted by atomic mass is 10.0. The van der Waals surface area contributed by atoms with E-state index < -0.39 is 0 Å². The maximum absolute atomic E-state index is 11.8. The van der Waals surface area contributed by atoms with Crippen molar-refractivity contribution in [2.24, 2.45) is 0 Å². The van der Waals surface area contributed by atoms with Gasteiger partial charge in [-0.1, -0.05) is 18.2 Å². The van der Waals surface area contributed by atoms with Crippen molar-refractivity contribution < 1.29 is 9.59 Å². The minimum absolute atomic E-state index is 0.158. The highest BCUT2D eigenvalue weighted by atomic mass is 16.2. The van der Waals surface area contributed by atoms with Crippen molar-refractivity contribution in [2.75, 3.05) is 0 Å². The van der Waals surface area contributed by atoms with E-state index in [9.17, 15) is 9.59 Å². The van der Waals surface area contributed by atoms with Crippen molar-refractivity contribution in [1.82, 2.24) is 10.2 Å². The molecular formula is C13H13N2O2. The number of rotatable bonds is 1. The first-order chi connectivity index (χ1) is 8.24. The fourth-order valence-electron chi connectivity index (χ4n) is 2.53. The third kappa shape index (κ3) is 1.85. The minimum Gasteiger partial charge on any atom is -0.295 e. The zero-order chi connectivity index (χ0) is 11.8. The molecule has 1 fully saturated rings. The number of imide groups is 1. The molecular weight excluding hydrogens is 216 g/mol. The molecule has 1 atom stereocenters. The SMILES string of the molecule is O=C1CCC(N2Cc3[c]cccc3C2)C(=O)N1. The summed E-state index contributed by atoms with van der Waals surface area (Å²) in [6, 6.07) is 8.96. The fourth-order valence-corrected chi connectivity index (χ4v) is 2.53. The first-order valence-electron chi connectivity index (χ1n) is 5.80. The van der Waals surface area contributed by atoms with E-state index in [2.05, 4.69) is 22.3 Å². The second-order valence-electron chi connectivity index (χ2n) is 4.55. The summed E-state index contributed by atoms with van der Waals surface area (Å²) in [6.07, 6.45) is 1.06. The number of hydrogen-bond acceptors (Lipinski definition) is 3. The monoisotopic (exact) mass is 229 g/mol. The second-order valence-corrected chi connectivity index (χ2v) is 4.55. The number of piperidine rings is 1. The summed E-state index contributed by atoms with van der Waals surface area (Å²) in [5.41, 5.74) is 2.40. The number of carbonyl (C=O) groups excluding carboxylic acids is 2. The number of nitrogens with one attached hydrogen (secondary N) is 1. The van der Waals surface area contributed by atoms with Gasteiger partial charge in [-0.25, -0.2) is 0 Å². The van der Waals surface area contributed by atoms with Gasteiger partial charge in [-0.15, -0.1) is 0 Å². The molecule has 4 nitrogen and oxygen atoms in total. The zero-order valence-electron chi connectivity index (χ0n) is 9.40. The molecule has 2 aliphatic rings. The summed E-state index contributed by atoms with van der Waals surface area (Å²) in [6.45, 7) is 1.53. The van der Waals surface area contributed by atoms with E-state index in [4.69, 9.17) is 0 Å². The Morgan fingerprint density at radius 1 is 1.35 bits per heavy atom. The third-order valence-electron chi connectivity index (χ3n) is 3.42. The van der Waals surface area contributed by atoms with E-state index in [1.54, 1.807) is 0 Å². The van der Waals surface area contributed by atoms with Crippen LogP contribution in [0.1, 0.15) is 24.0 Å². The van der Waals surface area contributed by atoms with Crippen LogP contribution in [0.4, 0.5) is 0 Å². The number of nitrogens with zero attached hydrogens (tertiary/aromatic N) is 1. The maximum Gasteiger partial charge on any atom is 0.243 e. The van der Waals surface area contributed by atoms with Crippen LogP contribution in [0.15, 0.2) is 18.2 Å². The van der Waals surface area contributed by atoms with Gasteiger partial charge in [-0.05, 0) is 23.6 Å². The Labute approximate surface area is 99.6 Å². The van der Waals surface area contributed by atoms with Gasteiger partial charge in [0.05, 0.1) is 6.04 Å². The molecule has 1 radical (unpaired) electrons. The molecule has 1 unspecified atom stereocenters. The summed E-state index contributed by atoms with van der Waals surface area (Å²) in [5, 5.41) is 2.40. The molecule has 2 amide bonds. The Balaban J connectivity index is 1.76. The summed E-state index contributed by atoms with van der Waals surface area (Å²) in [4.78, 5) is 25.0. The van der Waals surface area contributed by atoms with Gasteiger partial charge in [0.15, 0.2) is 0 Å². The number of hydrogen-bond donors (Lipinski definition) is 1. The summed E-state index contributed by atoms with van der Waals surface area (Å²) in [5.74, 6) is -0.316. The van der Waals surface area contributed by atoms with Gasteiger partial charge < -0.3 is 0 Å². The van der Waals surface area contributed by atoms with Crippen LogP contribution in [0, 0.1) is 6.07 Å². The van der Waals surface area contributed by atoms with Crippen LogP contribution in [0.5, 0.6) is 0 Å². The topological polar surface area (TPSA) is 49.4 Å². The van der Waals surface area contributed by atoms with E-state index in [-0.39, 0.29) is 17.9 Å². The normalized spacial score (nSPS) is 24.6. The summed E-state index contributed by atoms with van der Waals surface area (Å²) < 4.78 is 0. The minimum atomic E-state index is -0.173. The Hall–Kier alpha value is -1.68. The average molecular weight is 229 g/mol. The average Bonchev–Trinajstić information content (AvgIpc) is 2.72. The van der Waals surface area contributed by atoms with Crippen LogP contribution >= 0.6 is 0 Å². The predicted molar refractivity (Wildman–Crippen MR) is 60.7 cm³/mol. The molecule has 0 saturated carbocycles. The van der Waals surface area contributed by atoms with Gasteiger partial charge >= 0.3 is 0 Å². The highest BCUT2D eigenvalue weighted by Crippen LogP contribution is 2.26. The Kier molecular flexibility index (Phi) is 2.44. The lowest BCUT2D eigenvalue weighted by Gasteiger charge is -2.29. The molecule has 87 valence electrons. The van der Waals surface area contributed by atoms with Crippen molar-refractivity contribution in [1.29, 1.82) is 0 Å². The molecule has 0 spiro atoms. The Morgan fingerprint density at radius 2 is 2.24 bits per heavy atom. The third-order valence-corrected chi connectivity index (χ3v) is 3.42. The summed E-state index contributed by atoms with van der Waals surface area (Å²) >= 11 is 0. The molecule has 0 bridgehead atoms. The van der Waals surface area contributed by atoms with E-state index in [1.807, 2.05) is 12.1 Å². The molecule has 2 aliphatic heterocycles. The van der Waals surface area contributed by atoms with Gasteiger partial charge in [0, 0.05) is 19.5 Å². The predicted octanol–water partition coefficient (Wildman–Crippen LogP) is 0.608. The quantitative estimate of drug-likeness (QED) is 0.718. The van der Waals surface area contributed by atoms with E-state index in [0.717, 1.165) is 18.7 Å². The highest BCUT2D eigenvalue weighted by Gasteiger charge is 2.34. The fraction of sp³-hybridized carbons (Fsp3) is 0.385. The standard InChI is InChI=1S/C13H13N2O2/c16-12-6-5-11(13(17)14-12)15-7-9-3-1-2-4-10(9)8-15/h1-3,11H,5-8H2,(H,14,16,17). The Morgan fingerprint density at radius 3 is 3.00 bits per heavy atom. The van der Waals surface area contributed by atoms with Crippen LogP contribution in [-0.2, 0) is 22.7 Å². The first-order valence-corrected chi connectivity index (χ1v) is 5.80. The molecule has 1 saturated heterocycles. The number of carbonyl (C=O) groups is 2. The van der Waals surface area contributed by atoms with Crippen molar-refractivity contribution in [3.05, 3.63) is 35.4 Å². The van der Waals surface area contributed by atoms with Crippen LogP contribution in [-0.4, -0.2) is 22.8 Å². The lowest BCUT2D eigenvalue weighted by Crippen LogP contribution is -2.50. The van der Waals surface area contributed by atoms with Crippen LogP contribution < -0.4 is 5.32 Å². The van der Waals surface area contributed by atoms with Crippen LogP contribution in [0.3, 0.4) is 0 Å². The largest absolute Gasteiger partial charge is 0.295 e. The molecule has 3 rings (SSSR count). The zero-order valence-corrected chi connectivity index (χ0v) is 9.40. The highest BCUT2D eigenvalue weighted by molar-refractivity contribution is 6.00. The summed E-state index contributed by atoms with van der Waals surface area (Å²) in [7, 11) is 0. The smallest absolute Gasteiger partial charge is 0.243 e. The van der Waals surface area contributed by atoms with E-state index in [0.29, 0.717) is 12.8 Å². The van der Waals surface area contributed by atoms with E-state index in [1.165, 1.54) is 5.56 Å². The van der Waals surface area contributed by atoms with Crippen molar-refractivity contribution in [3.8, 4) is 0 Å².